The molecule has 2 aromatic carbocycles. The molecule has 3 heterocycles. The van der Waals surface area contributed by atoms with Crippen molar-refractivity contribution < 1.29 is 9.47 Å². The van der Waals surface area contributed by atoms with Gasteiger partial charge in [0.15, 0.2) is 11.5 Å². The maximum Gasteiger partial charge on any atom is 0.266 e. The normalized spacial score (nSPS) is 16.3. The number of halogens is 1. The Labute approximate surface area is 266 Å². The third kappa shape index (κ3) is 9.13. The Morgan fingerprint density at radius 2 is 1.30 bits per heavy atom. The number of anilines is 2. The Morgan fingerprint density at radius 3 is 2.02 bits per heavy atom. The summed E-state index contributed by atoms with van der Waals surface area (Å²) in [6.45, 7) is 11.2. The highest BCUT2D eigenvalue weighted by atomic mass is 35.5. The number of methoxy groups -OCH3 is 1. The van der Waals surface area contributed by atoms with E-state index >= 15 is 0 Å². The van der Waals surface area contributed by atoms with Gasteiger partial charge in [0.1, 0.15) is 12.4 Å². The molecule has 0 saturated carbocycles. The molecule has 0 spiro atoms. The smallest absolute Gasteiger partial charge is 0.266 e. The van der Waals surface area contributed by atoms with E-state index < -0.39 is 0 Å². The number of benzene rings is 2. The summed E-state index contributed by atoms with van der Waals surface area (Å²) in [6, 6.07) is 19.4. The minimum absolute atomic E-state index is 0.0168. The summed E-state index contributed by atoms with van der Waals surface area (Å²) < 4.78 is 13.0. The fraction of sp³-hybridized carbons (Fsp3) is 0.529. The first kappa shape index (κ1) is 32.1. The summed E-state index contributed by atoms with van der Waals surface area (Å²) in [5.74, 6) is 2.43. The number of rotatable bonds is 15. The lowest BCUT2D eigenvalue weighted by Gasteiger charge is -2.36. The van der Waals surface area contributed by atoms with E-state index in [9.17, 15) is 4.79 Å². The van der Waals surface area contributed by atoms with Crippen LogP contribution in [-0.4, -0.2) is 98.7 Å². The SMILES string of the molecule is COc1ccccc1OCCN1CCN(c2ccc(=O)n(CCCCCCCN3CCN(c4ccccc4Cl)CC3)n2)CC1. The van der Waals surface area contributed by atoms with Crippen molar-refractivity contribution in [1.82, 2.24) is 19.6 Å². The van der Waals surface area contributed by atoms with Crippen LogP contribution in [-0.2, 0) is 6.54 Å². The molecule has 2 fully saturated rings. The first-order valence-corrected chi connectivity index (χ1v) is 16.5. The standard InChI is InChI=1S/C34H47ClN6O3/c1-43-31-13-7-8-14-32(31)44-28-27-38-21-25-40(26-22-38)33-15-16-34(42)41(36-33)18-10-4-2-3-9-17-37-19-23-39(24-20-37)30-12-6-5-11-29(30)35/h5-8,11-16H,2-4,9-10,17-28H2,1H3. The van der Waals surface area contributed by atoms with Gasteiger partial charge in [0, 0.05) is 71.5 Å². The van der Waals surface area contributed by atoms with Gasteiger partial charge in [-0.1, -0.05) is 55.1 Å². The molecule has 0 aliphatic carbocycles. The molecule has 2 aliphatic rings. The first-order chi connectivity index (χ1) is 21.6. The number of hydrogen-bond donors (Lipinski definition) is 0. The lowest BCUT2D eigenvalue weighted by Crippen LogP contribution is -2.48. The molecule has 3 aromatic rings. The number of unbranched alkanes of at least 4 members (excludes halogenated alkanes) is 4. The van der Waals surface area contributed by atoms with E-state index in [4.69, 9.17) is 26.2 Å². The number of para-hydroxylation sites is 3. The fourth-order valence-corrected chi connectivity index (χ4v) is 6.29. The van der Waals surface area contributed by atoms with Crippen molar-refractivity contribution in [3.8, 4) is 11.5 Å². The average Bonchev–Trinajstić information content (AvgIpc) is 3.06. The molecule has 5 rings (SSSR count). The van der Waals surface area contributed by atoms with Crippen LogP contribution in [0.15, 0.2) is 65.5 Å². The minimum atomic E-state index is -0.0168. The van der Waals surface area contributed by atoms with Gasteiger partial charge < -0.3 is 19.3 Å². The summed E-state index contributed by atoms with van der Waals surface area (Å²) in [6.07, 6.45) is 5.73. The van der Waals surface area contributed by atoms with Crippen LogP contribution >= 0.6 is 11.6 Å². The molecule has 0 unspecified atom stereocenters. The van der Waals surface area contributed by atoms with Crippen LogP contribution in [0.1, 0.15) is 32.1 Å². The van der Waals surface area contributed by atoms with Gasteiger partial charge in [-0.25, -0.2) is 4.68 Å². The molecule has 0 amide bonds. The Kier molecular flexibility index (Phi) is 12.2. The molecule has 9 nitrogen and oxygen atoms in total. The Bertz CT molecular complexity index is 1350. The molecular formula is C34H47ClN6O3. The molecule has 2 aliphatic heterocycles. The van der Waals surface area contributed by atoms with Crippen LogP contribution in [0.3, 0.4) is 0 Å². The Balaban J connectivity index is 0.944. The summed E-state index contributed by atoms with van der Waals surface area (Å²) >= 11 is 6.38. The zero-order valence-corrected chi connectivity index (χ0v) is 26.8. The lowest BCUT2D eigenvalue weighted by molar-refractivity contribution is 0.196. The monoisotopic (exact) mass is 622 g/mol. The van der Waals surface area contributed by atoms with Gasteiger partial charge in [0.25, 0.3) is 5.56 Å². The van der Waals surface area contributed by atoms with E-state index in [1.54, 1.807) is 17.9 Å². The second kappa shape index (κ2) is 16.7. The van der Waals surface area contributed by atoms with E-state index in [-0.39, 0.29) is 5.56 Å². The molecule has 1 aromatic heterocycles. The number of hydrogen-bond acceptors (Lipinski definition) is 8. The van der Waals surface area contributed by atoms with Crippen LogP contribution in [0.5, 0.6) is 11.5 Å². The van der Waals surface area contributed by atoms with Crippen LogP contribution in [0.2, 0.25) is 5.02 Å². The first-order valence-electron chi connectivity index (χ1n) is 16.1. The van der Waals surface area contributed by atoms with Gasteiger partial charge in [-0.3, -0.25) is 14.6 Å². The van der Waals surface area contributed by atoms with Crippen LogP contribution in [0.25, 0.3) is 0 Å². The fourth-order valence-electron chi connectivity index (χ4n) is 6.04. The van der Waals surface area contributed by atoms with Gasteiger partial charge in [-0.15, -0.1) is 0 Å². The van der Waals surface area contributed by atoms with Crippen molar-refractivity contribution >= 4 is 23.1 Å². The van der Waals surface area contributed by atoms with Crippen LogP contribution in [0, 0.1) is 0 Å². The van der Waals surface area contributed by atoms with Gasteiger partial charge in [-0.05, 0) is 49.7 Å². The second-order valence-corrected chi connectivity index (χ2v) is 12.0. The topological polar surface area (TPSA) is 66.3 Å². The predicted octanol–water partition coefficient (Wildman–Crippen LogP) is 4.88. The zero-order chi connectivity index (χ0) is 30.6. The molecule has 0 radical (unpaired) electrons. The van der Waals surface area contributed by atoms with Crippen molar-refractivity contribution in [1.29, 1.82) is 0 Å². The summed E-state index contributed by atoms with van der Waals surface area (Å²) in [7, 11) is 1.66. The molecule has 44 heavy (non-hydrogen) atoms. The van der Waals surface area contributed by atoms with Crippen LogP contribution in [0.4, 0.5) is 11.5 Å². The van der Waals surface area contributed by atoms with Gasteiger partial charge in [0.05, 0.1) is 17.8 Å². The largest absolute Gasteiger partial charge is 0.493 e. The Morgan fingerprint density at radius 1 is 0.682 bits per heavy atom. The molecular weight excluding hydrogens is 576 g/mol. The predicted molar refractivity (Wildman–Crippen MR) is 179 cm³/mol. The van der Waals surface area contributed by atoms with Crippen LogP contribution < -0.4 is 24.8 Å². The molecule has 0 atom stereocenters. The maximum absolute atomic E-state index is 12.5. The summed E-state index contributed by atoms with van der Waals surface area (Å²) in [5.41, 5.74) is 1.13. The molecule has 0 bridgehead atoms. The van der Waals surface area contributed by atoms with Crippen molar-refractivity contribution in [3.05, 3.63) is 76.0 Å². The second-order valence-electron chi connectivity index (χ2n) is 11.6. The van der Waals surface area contributed by atoms with Gasteiger partial charge >= 0.3 is 0 Å². The third-order valence-corrected chi connectivity index (χ3v) is 9.01. The highest BCUT2D eigenvalue weighted by molar-refractivity contribution is 6.33. The maximum atomic E-state index is 12.5. The average molecular weight is 623 g/mol. The third-order valence-electron chi connectivity index (χ3n) is 8.69. The molecule has 2 saturated heterocycles. The minimum Gasteiger partial charge on any atom is -0.493 e. The molecule has 10 heteroatoms. The number of aromatic nitrogens is 2. The molecule has 0 N–H and O–H groups in total. The number of nitrogens with zero attached hydrogens (tertiary/aromatic N) is 6. The van der Waals surface area contributed by atoms with E-state index in [0.29, 0.717) is 13.2 Å². The quantitative estimate of drug-likeness (QED) is 0.222. The van der Waals surface area contributed by atoms with Crippen molar-refractivity contribution in [2.75, 3.05) is 89.0 Å². The van der Waals surface area contributed by atoms with E-state index in [0.717, 1.165) is 106 Å². The number of aryl methyl sites for hydroxylation is 1. The van der Waals surface area contributed by atoms with Gasteiger partial charge in [-0.2, -0.15) is 5.10 Å². The van der Waals surface area contributed by atoms with Gasteiger partial charge in [0.2, 0.25) is 0 Å². The zero-order valence-electron chi connectivity index (χ0n) is 26.1. The van der Waals surface area contributed by atoms with Crippen molar-refractivity contribution in [3.63, 3.8) is 0 Å². The highest BCUT2D eigenvalue weighted by Crippen LogP contribution is 2.27. The number of ether oxygens (including phenoxy) is 2. The number of piperazine rings is 2. The van der Waals surface area contributed by atoms with Crippen molar-refractivity contribution in [2.45, 2.75) is 38.6 Å². The van der Waals surface area contributed by atoms with E-state index in [1.165, 1.54) is 19.3 Å². The van der Waals surface area contributed by atoms with E-state index in [2.05, 4.69) is 31.7 Å². The highest BCUT2D eigenvalue weighted by Gasteiger charge is 2.20. The van der Waals surface area contributed by atoms with Crippen molar-refractivity contribution in [2.24, 2.45) is 0 Å². The summed E-state index contributed by atoms with van der Waals surface area (Å²) in [5, 5.41) is 5.56. The lowest BCUT2D eigenvalue weighted by atomic mass is 10.1. The molecule has 238 valence electrons. The van der Waals surface area contributed by atoms with E-state index in [1.807, 2.05) is 42.5 Å². The summed E-state index contributed by atoms with van der Waals surface area (Å²) in [4.78, 5) is 22.1. The Hall–Kier alpha value is -3.27.